The van der Waals surface area contributed by atoms with Crippen molar-refractivity contribution < 1.29 is 18.8 Å². The van der Waals surface area contributed by atoms with Crippen LogP contribution in [0, 0.1) is 6.92 Å². The number of carbonyl (C=O) groups is 1. The number of hydrogen-bond acceptors (Lipinski definition) is 6. The summed E-state index contributed by atoms with van der Waals surface area (Å²) < 4.78 is 16.0. The molecular weight excluding hydrogens is 274 g/mol. The summed E-state index contributed by atoms with van der Waals surface area (Å²) in [6.45, 7) is 2.86. The van der Waals surface area contributed by atoms with Crippen molar-refractivity contribution in [2.24, 2.45) is 0 Å². The van der Waals surface area contributed by atoms with Crippen LogP contribution < -0.4 is 20.5 Å². The number of nitrogens with one attached hydrogen (secondary N) is 1. The van der Waals surface area contributed by atoms with Gasteiger partial charge in [0.2, 0.25) is 0 Å². The van der Waals surface area contributed by atoms with Crippen molar-refractivity contribution >= 4 is 17.3 Å². The summed E-state index contributed by atoms with van der Waals surface area (Å²) in [5.74, 6) is 1.31. The Bertz CT molecular complexity index is 681. The molecule has 2 aromatic rings. The van der Waals surface area contributed by atoms with Crippen LogP contribution in [-0.2, 0) is 0 Å². The summed E-state index contributed by atoms with van der Waals surface area (Å²) in [6.07, 6.45) is 0.800. The fraction of sp³-hybridized carbons (Fsp3) is 0.286. The molecule has 7 heteroatoms. The minimum atomic E-state index is -0.395. The molecule has 0 fully saturated rings. The third kappa shape index (κ3) is 2.76. The molecule has 0 atom stereocenters. The number of carbonyl (C=O) groups excluding carboxylic acids is 1. The van der Waals surface area contributed by atoms with Crippen LogP contribution in [0.4, 0.5) is 11.4 Å². The summed E-state index contributed by atoms with van der Waals surface area (Å²) in [4.78, 5) is 12.1. The second kappa shape index (κ2) is 5.35. The molecule has 0 aliphatic carbocycles. The monoisotopic (exact) mass is 289 g/mol. The van der Waals surface area contributed by atoms with Gasteiger partial charge < -0.3 is 25.0 Å². The second-order valence-corrected chi connectivity index (χ2v) is 4.71. The van der Waals surface area contributed by atoms with Crippen LogP contribution in [0.15, 0.2) is 22.7 Å². The van der Waals surface area contributed by atoms with Gasteiger partial charge in [0.1, 0.15) is 5.76 Å². The Morgan fingerprint density at radius 1 is 1.24 bits per heavy atom. The SMILES string of the molecule is Cc1cc(C(=O)Nc2cc3c(cc2N)OCCCO3)no1. The highest BCUT2D eigenvalue weighted by Crippen LogP contribution is 2.36. The van der Waals surface area contributed by atoms with E-state index in [1.54, 1.807) is 25.1 Å². The average Bonchev–Trinajstić information content (AvgIpc) is 2.76. The zero-order valence-corrected chi connectivity index (χ0v) is 11.5. The minimum absolute atomic E-state index is 0.194. The number of nitrogens with two attached hydrogens (primary N) is 1. The van der Waals surface area contributed by atoms with Crippen LogP contribution in [0.5, 0.6) is 11.5 Å². The number of fused-ring (bicyclic) bond motifs is 1. The van der Waals surface area contributed by atoms with Crippen molar-refractivity contribution in [1.82, 2.24) is 5.16 Å². The Morgan fingerprint density at radius 3 is 2.62 bits per heavy atom. The van der Waals surface area contributed by atoms with Crippen LogP contribution in [0.25, 0.3) is 0 Å². The predicted octanol–water partition coefficient (Wildman–Crippen LogP) is 1.98. The number of nitrogen functional groups attached to an aromatic ring is 1. The second-order valence-electron chi connectivity index (χ2n) is 4.71. The van der Waals surface area contributed by atoms with Gasteiger partial charge >= 0.3 is 0 Å². The Kier molecular flexibility index (Phi) is 3.39. The van der Waals surface area contributed by atoms with E-state index in [1.807, 2.05) is 0 Å². The molecule has 1 aliphatic rings. The highest BCUT2D eigenvalue weighted by atomic mass is 16.5. The van der Waals surface area contributed by atoms with Gasteiger partial charge in [-0.05, 0) is 6.92 Å². The number of aromatic nitrogens is 1. The van der Waals surface area contributed by atoms with Crippen LogP contribution in [0.1, 0.15) is 22.7 Å². The van der Waals surface area contributed by atoms with Gasteiger partial charge in [0.05, 0.1) is 24.6 Å². The third-order valence-electron chi connectivity index (χ3n) is 3.03. The summed E-state index contributed by atoms with van der Waals surface area (Å²) in [5.41, 5.74) is 6.97. The number of benzene rings is 1. The van der Waals surface area contributed by atoms with Crippen molar-refractivity contribution in [3.8, 4) is 11.5 Å². The summed E-state index contributed by atoms with van der Waals surface area (Å²) >= 11 is 0. The highest BCUT2D eigenvalue weighted by molar-refractivity contribution is 6.04. The molecule has 0 spiro atoms. The fourth-order valence-electron chi connectivity index (χ4n) is 1.99. The molecule has 3 rings (SSSR count). The molecule has 0 saturated heterocycles. The number of hydrogen-bond donors (Lipinski definition) is 2. The molecule has 0 unspecified atom stereocenters. The van der Waals surface area contributed by atoms with E-state index in [0.717, 1.165) is 6.42 Å². The maximum atomic E-state index is 12.1. The molecule has 0 bridgehead atoms. The first-order chi connectivity index (χ1) is 10.1. The Hall–Kier alpha value is -2.70. The van der Waals surface area contributed by atoms with Gasteiger partial charge in [0.25, 0.3) is 5.91 Å². The Balaban J connectivity index is 1.85. The number of ether oxygens (including phenoxy) is 2. The van der Waals surface area contributed by atoms with Gasteiger partial charge in [-0.25, -0.2) is 0 Å². The number of anilines is 2. The normalized spacial score (nSPS) is 13.6. The first-order valence-electron chi connectivity index (χ1n) is 6.57. The van der Waals surface area contributed by atoms with Gasteiger partial charge in [-0.2, -0.15) is 0 Å². The lowest BCUT2D eigenvalue weighted by Crippen LogP contribution is -2.13. The van der Waals surface area contributed by atoms with E-state index in [4.69, 9.17) is 19.7 Å². The van der Waals surface area contributed by atoms with Crippen molar-refractivity contribution in [2.75, 3.05) is 24.3 Å². The van der Waals surface area contributed by atoms with Gasteiger partial charge in [0.15, 0.2) is 17.2 Å². The fourth-order valence-corrected chi connectivity index (χ4v) is 1.99. The third-order valence-corrected chi connectivity index (χ3v) is 3.03. The average molecular weight is 289 g/mol. The highest BCUT2D eigenvalue weighted by Gasteiger charge is 2.17. The van der Waals surface area contributed by atoms with Gasteiger partial charge in [-0.1, -0.05) is 5.16 Å². The molecule has 0 saturated carbocycles. The number of nitrogens with zero attached hydrogens (tertiary/aromatic N) is 1. The van der Waals surface area contributed by atoms with Crippen molar-refractivity contribution in [1.29, 1.82) is 0 Å². The lowest BCUT2D eigenvalue weighted by Gasteiger charge is -2.12. The van der Waals surface area contributed by atoms with Gasteiger partial charge in [0, 0.05) is 24.6 Å². The molecular formula is C14H15N3O4. The first-order valence-corrected chi connectivity index (χ1v) is 6.57. The van der Waals surface area contributed by atoms with Crippen molar-refractivity contribution in [3.05, 3.63) is 29.7 Å². The molecule has 1 aromatic heterocycles. The zero-order valence-electron chi connectivity index (χ0n) is 11.5. The summed E-state index contributed by atoms with van der Waals surface area (Å²) in [7, 11) is 0. The van der Waals surface area contributed by atoms with E-state index >= 15 is 0 Å². The van der Waals surface area contributed by atoms with E-state index in [1.165, 1.54) is 0 Å². The van der Waals surface area contributed by atoms with E-state index in [2.05, 4.69) is 10.5 Å². The van der Waals surface area contributed by atoms with E-state index < -0.39 is 5.91 Å². The number of aryl methyl sites for hydroxylation is 1. The minimum Gasteiger partial charge on any atom is -0.489 e. The van der Waals surface area contributed by atoms with Gasteiger partial charge in [-0.15, -0.1) is 0 Å². The molecule has 21 heavy (non-hydrogen) atoms. The molecule has 2 heterocycles. The predicted molar refractivity (Wildman–Crippen MR) is 75.7 cm³/mol. The standard InChI is InChI=1S/C14H15N3O4/c1-8-5-11(17-21-8)14(18)16-10-7-13-12(6-9(10)15)19-3-2-4-20-13/h5-7H,2-4,15H2,1H3,(H,16,18). The number of rotatable bonds is 2. The molecule has 1 aromatic carbocycles. The molecule has 3 N–H and O–H groups in total. The van der Waals surface area contributed by atoms with Crippen LogP contribution in [0.2, 0.25) is 0 Å². The van der Waals surface area contributed by atoms with E-state index in [0.29, 0.717) is 41.8 Å². The van der Waals surface area contributed by atoms with Gasteiger partial charge in [-0.3, -0.25) is 4.79 Å². The van der Waals surface area contributed by atoms with E-state index in [-0.39, 0.29) is 5.69 Å². The molecule has 0 radical (unpaired) electrons. The first kappa shape index (κ1) is 13.3. The Labute approximate surface area is 121 Å². The zero-order chi connectivity index (χ0) is 14.8. The lowest BCUT2D eigenvalue weighted by atomic mass is 10.2. The number of amides is 1. The van der Waals surface area contributed by atoms with E-state index in [9.17, 15) is 4.79 Å². The van der Waals surface area contributed by atoms with Crippen LogP contribution in [0.3, 0.4) is 0 Å². The quantitative estimate of drug-likeness (QED) is 0.820. The maximum Gasteiger partial charge on any atom is 0.277 e. The van der Waals surface area contributed by atoms with Crippen molar-refractivity contribution in [2.45, 2.75) is 13.3 Å². The lowest BCUT2D eigenvalue weighted by molar-refractivity contribution is 0.101. The van der Waals surface area contributed by atoms with Crippen LogP contribution >= 0.6 is 0 Å². The smallest absolute Gasteiger partial charge is 0.277 e. The molecule has 1 aliphatic heterocycles. The topological polar surface area (TPSA) is 99.6 Å². The molecule has 7 nitrogen and oxygen atoms in total. The molecule has 1 amide bonds. The Morgan fingerprint density at radius 2 is 1.95 bits per heavy atom. The summed E-state index contributed by atoms with van der Waals surface area (Å²) in [6, 6.07) is 4.85. The van der Waals surface area contributed by atoms with Crippen LogP contribution in [-0.4, -0.2) is 24.3 Å². The van der Waals surface area contributed by atoms with Crippen molar-refractivity contribution in [3.63, 3.8) is 0 Å². The maximum absolute atomic E-state index is 12.1. The molecule has 110 valence electrons. The largest absolute Gasteiger partial charge is 0.489 e. The summed E-state index contributed by atoms with van der Waals surface area (Å²) in [5, 5.41) is 6.35.